The molecule has 0 fully saturated rings. The van der Waals surface area contributed by atoms with Crippen LogP contribution >= 0.6 is 27.3 Å². The van der Waals surface area contributed by atoms with Crippen molar-refractivity contribution in [1.82, 2.24) is 4.57 Å². The van der Waals surface area contributed by atoms with E-state index in [0.29, 0.717) is 15.1 Å². The van der Waals surface area contributed by atoms with Gasteiger partial charge in [-0.1, -0.05) is 75.8 Å². The van der Waals surface area contributed by atoms with Crippen molar-refractivity contribution >= 4 is 39.0 Å². The molecule has 3 aromatic carbocycles. The maximum Gasteiger partial charge on any atom is 0.271 e. The van der Waals surface area contributed by atoms with Gasteiger partial charge < -0.3 is 4.42 Å². The van der Waals surface area contributed by atoms with Crippen molar-refractivity contribution in [1.29, 1.82) is 0 Å². The van der Waals surface area contributed by atoms with Gasteiger partial charge in [-0.25, -0.2) is 9.38 Å². The van der Waals surface area contributed by atoms with Crippen molar-refractivity contribution in [3.63, 3.8) is 0 Å². The molecule has 0 saturated carbocycles. The zero-order valence-electron chi connectivity index (χ0n) is 20.0. The van der Waals surface area contributed by atoms with Crippen LogP contribution in [0.3, 0.4) is 0 Å². The number of benzene rings is 3. The minimum Gasteiger partial charge on any atom is -0.457 e. The lowest BCUT2D eigenvalue weighted by Gasteiger charge is -2.30. The number of furan rings is 1. The van der Waals surface area contributed by atoms with Gasteiger partial charge in [0, 0.05) is 21.7 Å². The lowest BCUT2D eigenvalue weighted by molar-refractivity contribution is 0.570. The number of thiazole rings is 1. The molecule has 3 heterocycles. The molecule has 0 spiro atoms. The SMILES string of the molecule is O=c1/c(=C\c2ccc(-c3ccc(Br)cc3)o2)sc2n1[C@H](c1ccc(F)cc1)C1=C(N=2)c2ccccc2CC1. The third-order valence-corrected chi connectivity index (χ3v) is 8.60. The minimum absolute atomic E-state index is 0.130. The van der Waals surface area contributed by atoms with Crippen LogP contribution < -0.4 is 14.9 Å². The number of aromatic nitrogens is 1. The highest BCUT2D eigenvalue weighted by Crippen LogP contribution is 2.41. The van der Waals surface area contributed by atoms with E-state index in [0.717, 1.165) is 51.0 Å². The first kappa shape index (κ1) is 23.3. The van der Waals surface area contributed by atoms with Crippen molar-refractivity contribution in [3.8, 4) is 11.3 Å². The van der Waals surface area contributed by atoms with Gasteiger partial charge in [-0.15, -0.1) is 0 Å². The first-order chi connectivity index (χ1) is 18.5. The molecule has 5 aromatic rings. The zero-order chi connectivity index (χ0) is 25.8. The predicted octanol–water partition coefficient (Wildman–Crippen LogP) is 6.48. The Morgan fingerprint density at radius 1 is 0.974 bits per heavy atom. The molecule has 0 saturated heterocycles. The molecular weight excluding hydrogens is 563 g/mol. The summed E-state index contributed by atoms with van der Waals surface area (Å²) in [6.07, 6.45) is 3.44. The molecule has 1 atom stereocenters. The first-order valence-corrected chi connectivity index (χ1v) is 13.9. The molecule has 0 amide bonds. The number of nitrogens with zero attached hydrogens (tertiary/aromatic N) is 2. The fourth-order valence-corrected chi connectivity index (χ4v) is 6.54. The fraction of sp³-hybridized carbons (Fsp3) is 0.0968. The van der Waals surface area contributed by atoms with Crippen molar-refractivity contribution in [2.75, 3.05) is 0 Å². The Balaban J connectivity index is 1.39. The van der Waals surface area contributed by atoms with Gasteiger partial charge in [-0.05, 0) is 65.9 Å². The Labute approximate surface area is 229 Å². The van der Waals surface area contributed by atoms with Crippen LogP contribution in [-0.2, 0) is 6.42 Å². The molecule has 38 heavy (non-hydrogen) atoms. The normalized spacial score (nSPS) is 16.6. The average Bonchev–Trinajstić information content (AvgIpc) is 3.53. The van der Waals surface area contributed by atoms with Crippen molar-refractivity contribution in [2.45, 2.75) is 18.9 Å². The quantitative estimate of drug-likeness (QED) is 0.244. The topological polar surface area (TPSA) is 47.5 Å². The number of allylic oxidation sites excluding steroid dienone is 1. The van der Waals surface area contributed by atoms with Crippen LogP contribution in [0.15, 0.2) is 109 Å². The van der Waals surface area contributed by atoms with Crippen LogP contribution in [0, 0.1) is 5.82 Å². The van der Waals surface area contributed by atoms with Crippen molar-refractivity contribution in [2.24, 2.45) is 4.99 Å². The summed E-state index contributed by atoms with van der Waals surface area (Å²) in [5.74, 6) is 1.03. The van der Waals surface area contributed by atoms with Crippen LogP contribution in [0.1, 0.15) is 34.9 Å². The first-order valence-electron chi connectivity index (χ1n) is 12.3. The number of fused-ring (bicyclic) bond motifs is 3. The second-order valence-corrected chi connectivity index (χ2v) is 11.3. The second-order valence-electron chi connectivity index (χ2n) is 9.37. The van der Waals surface area contributed by atoms with Crippen molar-refractivity contribution < 1.29 is 8.81 Å². The van der Waals surface area contributed by atoms with Gasteiger partial charge >= 0.3 is 0 Å². The molecule has 0 N–H and O–H groups in total. The third kappa shape index (κ3) is 3.94. The van der Waals surface area contributed by atoms with E-state index in [1.807, 2.05) is 48.5 Å². The summed E-state index contributed by atoms with van der Waals surface area (Å²) in [4.78, 5) is 19.5. The van der Waals surface area contributed by atoms with E-state index in [-0.39, 0.29) is 17.4 Å². The summed E-state index contributed by atoms with van der Waals surface area (Å²) in [5.41, 5.74) is 6.06. The van der Waals surface area contributed by atoms with Gasteiger partial charge in [-0.2, -0.15) is 0 Å². The average molecular weight is 583 g/mol. The number of hydrogen-bond donors (Lipinski definition) is 0. The number of rotatable bonds is 3. The minimum atomic E-state index is -0.340. The van der Waals surface area contributed by atoms with Gasteiger partial charge in [0.1, 0.15) is 17.3 Å². The standard InChI is InChI=1S/C31H20BrFN2O2S/c32-21-10-5-19(6-11-21)26-16-14-23(37-26)17-27-30(36)35-29(20-7-12-22(33)13-8-20)25-15-9-18-3-1-2-4-24(18)28(25)34-31(35)38-27/h1-8,10-14,16-17,29H,9,15H2/b27-17+/t29-/m1/s1. The smallest absolute Gasteiger partial charge is 0.271 e. The second kappa shape index (κ2) is 9.19. The highest BCUT2D eigenvalue weighted by Gasteiger charge is 2.32. The zero-order valence-corrected chi connectivity index (χ0v) is 22.4. The lowest BCUT2D eigenvalue weighted by atomic mass is 9.83. The van der Waals surface area contributed by atoms with E-state index < -0.39 is 0 Å². The highest BCUT2D eigenvalue weighted by atomic mass is 79.9. The summed E-state index contributed by atoms with van der Waals surface area (Å²) in [7, 11) is 0. The van der Waals surface area contributed by atoms with E-state index in [2.05, 4.69) is 28.1 Å². The summed E-state index contributed by atoms with van der Waals surface area (Å²) in [5, 5.41) is 0. The maximum absolute atomic E-state index is 13.8. The van der Waals surface area contributed by atoms with Crippen LogP contribution in [0.5, 0.6) is 0 Å². The molecule has 4 nitrogen and oxygen atoms in total. The summed E-state index contributed by atoms with van der Waals surface area (Å²) in [6.45, 7) is 0. The molecule has 1 aliphatic carbocycles. The Hall–Kier alpha value is -3.81. The summed E-state index contributed by atoms with van der Waals surface area (Å²) in [6, 6.07) is 26.1. The molecule has 1 aliphatic heterocycles. The third-order valence-electron chi connectivity index (χ3n) is 7.09. The maximum atomic E-state index is 13.8. The van der Waals surface area contributed by atoms with Gasteiger partial charge in [0.25, 0.3) is 5.56 Å². The van der Waals surface area contributed by atoms with Gasteiger partial charge in [0.2, 0.25) is 0 Å². The van der Waals surface area contributed by atoms with E-state index in [1.54, 1.807) is 22.8 Å². The molecule has 0 radical (unpaired) electrons. The van der Waals surface area contributed by atoms with Gasteiger partial charge in [-0.3, -0.25) is 9.36 Å². The number of hydrogen-bond acceptors (Lipinski definition) is 4. The number of halogens is 2. The molecule has 2 aliphatic rings. The van der Waals surface area contributed by atoms with Crippen LogP contribution in [0.25, 0.3) is 23.1 Å². The predicted molar refractivity (Wildman–Crippen MR) is 151 cm³/mol. The Morgan fingerprint density at radius 2 is 1.76 bits per heavy atom. The fourth-order valence-electron chi connectivity index (χ4n) is 5.30. The van der Waals surface area contributed by atoms with Crippen LogP contribution in [0.4, 0.5) is 4.39 Å². The van der Waals surface area contributed by atoms with Crippen LogP contribution in [-0.4, -0.2) is 4.57 Å². The van der Waals surface area contributed by atoms with Gasteiger partial charge in [0.15, 0.2) is 4.80 Å². The summed E-state index contributed by atoms with van der Waals surface area (Å²) >= 11 is 4.81. The monoisotopic (exact) mass is 582 g/mol. The lowest BCUT2D eigenvalue weighted by Crippen LogP contribution is -2.38. The molecule has 2 aromatic heterocycles. The summed E-state index contributed by atoms with van der Waals surface area (Å²) < 4.78 is 23.2. The molecule has 0 bridgehead atoms. The number of aryl methyl sites for hydroxylation is 1. The van der Waals surface area contributed by atoms with E-state index >= 15 is 0 Å². The highest BCUT2D eigenvalue weighted by molar-refractivity contribution is 9.10. The van der Waals surface area contributed by atoms with E-state index in [1.165, 1.54) is 29.0 Å². The van der Waals surface area contributed by atoms with Crippen LogP contribution in [0.2, 0.25) is 0 Å². The molecule has 7 heteroatoms. The van der Waals surface area contributed by atoms with E-state index in [4.69, 9.17) is 9.41 Å². The largest absolute Gasteiger partial charge is 0.457 e. The molecule has 0 unspecified atom stereocenters. The Bertz CT molecular complexity index is 1910. The Kier molecular flexibility index (Phi) is 5.64. The molecular formula is C31H20BrFN2O2S. The molecule has 7 rings (SSSR count). The molecule has 186 valence electrons. The Morgan fingerprint density at radius 3 is 2.58 bits per heavy atom. The van der Waals surface area contributed by atoms with Crippen molar-refractivity contribution in [3.05, 3.63) is 143 Å². The van der Waals surface area contributed by atoms with Gasteiger partial charge in [0.05, 0.1) is 16.3 Å². The van der Waals surface area contributed by atoms with E-state index in [9.17, 15) is 9.18 Å².